The lowest BCUT2D eigenvalue weighted by Crippen LogP contribution is -2.37. The van der Waals surface area contributed by atoms with E-state index in [-0.39, 0.29) is 16.1 Å². The van der Waals surface area contributed by atoms with Crippen molar-refractivity contribution in [3.05, 3.63) is 47.8 Å². The summed E-state index contributed by atoms with van der Waals surface area (Å²) in [6.45, 7) is 5.64. The molecule has 0 unspecified atom stereocenters. The van der Waals surface area contributed by atoms with Crippen molar-refractivity contribution in [2.24, 2.45) is 0 Å². The monoisotopic (exact) mass is 394 g/mol. The van der Waals surface area contributed by atoms with Crippen LogP contribution in [0, 0.1) is 12.7 Å². The maximum atomic E-state index is 13.2. The molecule has 138 valence electrons. The number of benzene rings is 2. The van der Waals surface area contributed by atoms with Gasteiger partial charge in [-0.2, -0.15) is 0 Å². The van der Waals surface area contributed by atoms with Gasteiger partial charge in [-0.1, -0.05) is 6.92 Å². The molecule has 0 fully saturated rings. The third-order valence-corrected chi connectivity index (χ3v) is 6.63. The van der Waals surface area contributed by atoms with Crippen LogP contribution < -0.4 is 9.62 Å². The Kier molecular flexibility index (Phi) is 4.98. The summed E-state index contributed by atoms with van der Waals surface area (Å²) >= 11 is 1.61. The number of nitrogens with zero attached hydrogens (tertiary/aromatic N) is 1. The van der Waals surface area contributed by atoms with Gasteiger partial charge in [-0.15, -0.1) is 11.8 Å². The van der Waals surface area contributed by atoms with E-state index in [1.807, 2.05) is 6.92 Å². The molecule has 0 aromatic heterocycles. The molecule has 1 N–H and O–H groups in total. The summed E-state index contributed by atoms with van der Waals surface area (Å²) in [6, 6.07) is 8.60. The van der Waals surface area contributed by atoms with Crippen molar-refractivity contribution in [2.75, 3.05) is 16.2 Å². The van der Waals surface area contributed by atoms with E-state index in [2.05, 4.69) is 4.72 Å². The predicted molar refractivity (Wildman–Crippen MR) is 102 cm³/mol. The quantitative estimate of drug-likeness (QED) is 0.860. The second kappa shape index (κ2) is 6.92. The van der Waals surface area contributed by atoms with E-state index in [4.69, 9.17) is 0 Å². The fourth-order valence-corrected chi connectivity index (χ4v) is 5.07. The fourth-order valence-electron chi connectivity index (χ4n) is 2.83. The first-order valence-electron chi connectivity index (χ1n) is 8.05. The second-order valence-electron chi connectivity index (χ2n) is 6.25. The van der Waals surface area contributed by atoms with Crippen molar-refractivity contribution in [3.8, 4) is 0 Å². The summed E-state index contributed by atoms with van der Waals surface area (Å²) in [4.78, 5) is 14.5. The Morgan fingerprint density at radius 3 is 2.65 bits per heavy atom. The van der Waals surface area contributed by atoms with Crippen molar-refractivity contribution < 1.29 is 17.6 Å². The number of sulfonamides is 1. The smallest absolute Gasteiger partial charge is 0.261 e. The normalized spacial score (nSPS) is 16.9. The van der Waals surface area contributed by atoms with E-state index in [0.717, 1.165) is 4.90 Å². The zero-order valence-corrected chi connectivity index (χ0v) is 16.2. The number of amides is 1. The second-order valence-corrected chi connectivity index (χ2v) is 9.42. The number of anilines is 2. The molecule has 3 rings (SSSR count). The number of fused-ring (bicyclic) bond motifs is 1. The Morgan fingerprint density at radius 2 is 2.00 bits per heavy atom. The third-order valence-electron chi connectivity index (χ3n) is 4.11. The lowest BCUT2D eigenvalue weighted by molar-refractivity contribution is -0.116. The summed E-state index contributed by atoms with van der Waals surface area (Å²) in [5.41, 5.74) is 1.40. The van der Waals surface area contributed by atoms with Crippen LogP contribution in [0.25, 0.3) is 0 Å². The molecule has 0 aliphatic carbocycles. The number of hydrogen-bond acceptors (Lipinski definition) is 4. The van der Waals surface area contributed by atoms with Gasteiger partial charge in [-0.3, -0.25) is 9.52 Å². The fraction of sp³-hybridized carbons (Fsp3) is 0.278. The molecule has 2 aromatic carbocycles. The zero-order chi connectivity index (χ0) is 19.1. The summed E-state index contributed by atoms with van der Waals surface area (Å²) in [5, 5.41) is 0.230. The van der Waals surface area contributed by atoms with Crippen molar-refractivity contribution in [2.45, 2.75) is 35.8 Å². The number of carbonyl (C=O) groups excluding carboxylic acids is 1. The number of nitrogens with one attached hydrogen (secondary N) is 1. The third kappa shape index (κ3) is 3.71. The molecule has 26 heavy (non-hydrogen) atoms. The minimum absolute atomic E-state index is 0.0568. The molecule has 1 aliphatic rings. The summed E-state index contributed by atoms with van der Waals surface area (Å²) in [7, 11) is -3.86. The zero-order valence-electron chi connectivity index (χ0n) is 14.6. The van der Waals surface area contributed by atoms with E-state index >= 15 is 0 Å². The Bertz CT molecular complexity index is 976. The van der Waals surface area contributed by atoms with Crippen LogP contribution in [-0.2, 0) is 14.8 Å². The first kappa shape index (κ1) is 18.7. The molecule has 1 amide bonds. The number of aryl methyl sites for hydroxylation is 1. The van der Waals surface area contributed by atoms with Gasteiger partial charge in [0, 0.05) is 23.6 Å². The number of carbonyl (C=O) groups is 1. The number of thioether (sulfide) groups is 1. The Balaban J connectivity index is 1.98. The van der Waals surface area contributed by atoms with Crippen molar-refractivity contribution in [1.82, 2.24) is 0 Å². The lowest BCUT2D eigenvalue weighted by atomic mass is 10.2. The van der Waals surface area contributed by atoms with E-state index in [1.165, 1.54) is 37.3 Å². The predicted octanol–water partition coefficient (Wildman–Crippen LogP) is 3.78. The molecule has 0 saturated carbocycles. The molecular weight excluding hydrogens is 375 g/mol. The maximum Gasteiger partial charge on any atom is 0.261 e. The highest BCUT2D eigenvalue weighted by atomic mass is 32.2. The van der Waals surface area contributed by atoms with E-state index in [0.29, 0.717) is 23.5 Å². The van der Waals surface area contributed by atoms with Crippen molar-refractivity contribution in [3.63, 3.8) is 0 Å². The van der Waals surface area contributed by atoms with E-state index in [9.17, 15) is 17.6 Å². The van der Waals surface area contributed by atoms with Crippen molar-refractivity contribution in [1.29, 1.82) is 0 Å². The molecule has 2 aromatic rings. The number of hydrogen-bond donors (Lipinski definition) is 1. The van der Waals surface area contributed by atoms with Gasteiger partial charge in [0.25, 0.3) is 10.0 Å². The molecular formula is C18H19FN2O3S2. The Morgan fingerprint density at radius 1 is 1.27 bits per heavy atom. The van der Waals surface area contributed by atoms with Crippen LogP contribution in [0.5, 0.6) is 0 Å². The van der Waals surface area contributed by atoms with Crippen LogP contribution in [-0.4, -0.2) is 26.1 Å². The molecule has 1 heterocycles. The minimum Gasteiger partial charge on any atom is -0.310 e. The highest BCUT2D eigenvalue weighted by molar-refractivity contribution is 8.00. The topological polar surface area (TPSA) is 66.5 Å². The molecule has 0 bridgehead atoms. The van der Waals surface area contributed by atoms with Crippen LogP contribution in [0.15, 0.2) is 46.2 Å². The molecule has 1 aliphatic heterocycles. The molecule has 5 nitrogen and oxygen atoms in total. The average molecular weight is 394 g/mol. The van der Waals surface area contributed by atoms with Gasteiger partial charge in [0.1, 0.15) is 5.82 Å². The van der Waals surface area contributed by atoms with Gasteiger partial charge >= 0.3 is 0 Å². The van der Waals surface area contributed by atoms with Gasteiger partial charge in [0.15, 0.2) is 0 Å². The van der Waals surface area contributed by atoms with Crippen LogP contribution in [0.1, 0.15) is 19.4 Å². The largest absolute Gasteiger partial charge is 0.310 e. The summed E-state index contributed by atoms with van der Waals surface area (Å²) in [6.07, 6.45) is 0. The molecule has 0 saturated heterocycles. The van der Waals surface area contributed by atoms with E-state index < -0.39 is 15.8 Å². The van der Waals surface area contributed by atoms with E-state index in [1.54, 1.807) is 29.7 Å². The van der Waals surface area contributed by atoms with Crippen LogP contribution in [0.2, 0.25) is 0 Å². The number of halogens is 1. The highest BCUT2D eigenvalue weighted by Crippen LogP contribution is 2.40. The molecule has 1 atom stereocenters. The standard InChI is InChI=1S/C18H19FN2O3S2/c1-11-8-14(19)4-6-16(11)20-26(23,24)15-5-7-18-17(9-15)21(13(3)22)10-12(2)25-18/h4-9,12,20H,10H2,1-3H3/t12-/m0/s1. The van der Waals surface area contributed by atoms with Crippen LogP contribution >= 0.6 is 11.8 Å². The highest BCUT2D eigenvalue weighted by Gasteiger charge is 2.27. The van der Waals surface area contributed by atoms with Crippen molar-refractivity contribution >= 4 is 39.1 Å². The maximum absolute atomic E-state index is 13.2. The lowest BCUT2D eigenvalue weighted by Gasteiger charge is -2.32. The van der Waals surface area contributed by atoms with Gasteiger partial charge in [-0.05, 0) is 48.9 Å². The summed E-state index contributed by atoms with van der Waals surface area (Å²) in [5.74, 6) is -0.558. The SMILES string of the molecule is CC(=O)N1C[C@H](C)Sc2ccc(S(=O)(=O)Nc3ccc(F)cc3C)cc21. The average Bonchev–Trinajstić information content (AvgIpc) is 2.56. The van der Waals surface area contributed by atoms with Gasteiger partial charge in [0.05, 0.1) is 16.3 Å². The molecule has 0 radical (unpaired) electrons. The first-order chi connectivity index (χ1) is 12.2. The van der Waals surface area contributed by atoms with Gasteiger partial charge in [-0.25, -0.2) is 12.8 Å². The minimum atomic E-state index is -3.86. The molecule has 0 spiro atoms. The Hall–Kier alpha value is -2.06. The molecule has 8 heteroatoms. The summed E-state index contributed by atoms with van der Waals surface area (Å²) < 4.78 is 41.2. The number of rotatable bonds is 3. The van der Waals surface area contributed by atoms with Gasteiger partial charge in [0.2, 0.25) is 5.91 Å². The Labute approximate surface area is 156 Å². The van der Waals surface area contributed by atoms with Crippen LogP contribution in [0.3, 0.4) is 0 Å². The first-order valence-corrected chi connectivity index (χ1v) is 10.4. The van der Waals surface area contributed by atoms with Gasteiger partial charge < -0.3 is 4.90 Å². The van der Waals surface area contributed by atoms with Crippen LogP contribution in [0.4, 0.5) is 15.8 Å².